The number of pyridine rings is 1. The Morgan fingerprint density at radius 1 is 1.42 bits per heavy atom. The van der Waals surface area contributed by atoms with Crippen molar-refractivity contribution in [2.24, 2.45) is 0 Å². The Balaban J connectivity index is 2.35. The average molecular weight is 332 g/mol. The highest BCUT2D eigenvalue weighted by molar-refractivity contribution is 9.10. The molecule has 1 aromatic carbocycles. The fourth-order valence-corrected chi connectivity index (χ4v) is 2.03. The number of nitrogen functional groups attached to an aromatic ring is 1. The minimum Gasteiger partial charge on any atom is -0.396 e. The van der Waals surface area contributed by atoms with Gasteiger partial charge in [0, 0.05) is 16.4 Å². The second-order valence-electron chi connectivity index (χ2n) is 4.03. The van der Waals surface area contributed by atoms with E-state index in [1.54, 1.807) is 12.1 Å². The SMILES string of the molecule is Nc1cnc2ccc(Br)cc2c1NCC(O)C(F)F. The van der Waals surface area contributed by atoms with Crippen molar-refractivity contribution < 1.29 is 13.9 Å². The average Bonchev–Trinajstić information content (AvgIpc) is 2.37. The summed E-state index contributed by atoms with van der Waals surface area (Å²) in [5, 5.41) is 12.6. The molecule has 0 aliphatic heterocycles. The molecule has 0 fully saturated rings. The van der Waals surface area contributed by atoms with Gasteiger partial charge in [0.2, 0.25) is 0 Å². The van der Waals surface area contributed by atoms with E-state index in [1.165, 1.54) is 6.20 Å². The fourth-order valence-electron chi connectivity index (χ4n) is 1.67. The van der Waals surface area contributed by atoms with Gasteiger partial charge in [-0.25, -0.2) is 8.78 Å². The van der Waals surface area contributed by atoms with Gasteiger partial charge in [0.25, 0.3) is 6.43 Å². The van der Waals surface area contributed by atoms with Crippen molar-refractivity contribution in [3.8, 4) is 0 Å². The molecule has 2 aromatic rings. The summed E-state index contributed by atoms with van der Waals surface area (Å²) in [6, 6.07) is 5.40. The Labute approximate surface area is 116 Å². The van der Waals surface area contributed by atoms with Crippen molar-refractivity contribution >= 4 is 38.2 Å². The minimum atomic E-state index is -2.80. The molecule has 19 heavy (non-hydrogen) atoms. The lowest BCUT2D eigenvalue weighted by Crippen LogP contribution is -2.27. The molecule has 1 unspecified atom stereocenters. The molecule has 0 spiro atoms. The van der Waals surface area contributed by atoms with Crippen molar-refractivity contribution in [2.45, 2.75) is 12.5 Å². The summed E-state index contributed by atoms with van der Waals surface area (Å²) < 4.78 is 25.4. The van der Waals surface area contributed by atoms with Crippen LogP contribution in [0, 0.1) is 0 Å². The van der Waals surface area contributed by atoms with Crippen LogP contribution < -0.4 is 11.1 Å². The zero-order chi connectivity index (χ0) is 14.0. The normalized spacial score (nSPS) is 12.9. The maximum atomic E-state index is 12.3. The number of halogens is 3. The second kappa shape index (κ2) is 5.66. The Morgan fingerprint density at radius 2 is 2.16 bits per heavy atom. The molecule has 0 aliphatic rings. The summed E-state index contributed by atoms with van der Waals surface area (Å²) in [7, 11) is 0. The smallest absolute Gasteiger partial charge is 0.265 e. The van der Waals surface area contributed by atoms with E-state index in [2.05, 4.69) is 26.2 Å². The van der Waals surface area contributed by atoms with E-state index in [4.69, 9.17) is 10.8 Å². The summed E-state index contributed by atoms with van der Waals surface area (Å²) in [4.78, 5) is 4.15. The first-order valence-electron chi connectivity index (χ1n) is 5.53. The van der Waals surface area contributed by atoms with Crippen LogP contribution in [-0.2, 0) is 0 Å². The number of hydrogen-bond acceptors (Lipinski definition) is 4. The van der Waals surface area contributed by atoms with Gasteiger partial charge in [0.05, 0.1) is 23.1 Å². The maximum absolute atomic E-state index is 12.3. The third-order valence-electron chi connectivity index (χ3n) is 2.64. The van der Waals surface area contributed by atoms with E-state index in [0.717, 1.165) is 4.47 Å². The number of benzene rings is 1. The van der Waals surface area contributed by atoms with Crippen LogP contribution in [0.3, 0.4) is 0 Å². The molecule has 1 atom stereocenters. The molecule has 0 aliphatic carbocycles. The van der Waals surface area contributed by atoms with Gasteiger partial charge in [-0.15, -0.1) is 0 Å². The van der Waals surface area contributed by atoms with Crippen LogP contribution in [0.4, 0.5) is 20.2 Å². The van der Waals surface area contributed by atoms with E-state index in [1.807, 2.05) is 6.07 Å². The van der Waals surface area contributed by atoms with Crippen LogP contribution in [0.5, 0.6) is 0 Å². The van der Waals surface area contributed by atoms with Crippen molar-refractivity contribution in [1.82, 2.24) is 4.98 Å². The van der Waals surface area contributed by atoms with Gasteiger partial charge in [-0.2, -0.15) is 0 Å². The van der Waals surface area contributed by atoms with Gasteiger partial charge in [-0.3, -0.25) is 4.98 Å². The summed E-state index contributed by atoms with van der Waals surface area (Å²) in [5.41, 5.74) is 7.31. The predicted octanol–water partition coefficient (Wildman–Crippen LogP) is 2.62. The molecule has 0 bridgehead atoms. The number of alkyl halides is 2. The molecular weight excluding hydrogens is 320 g/mol. The van der Waals surface area contributed by atoms with Gasteiger partial charge >= 0.3 is 0 Å². The lowest BCUT2D eigenvalue weighted by Gasteiger charge is -2.15. The number of hydrogen-bond donors (Lipinski definition) is 3. The largest absolute Gasteiger partial charge is 0.396 e. The first kappa shape index (κ1) is 14.0. The number of nitrogens with one attached hydrogen (secondary N) is 1. The third kappa shape index (κ3) is 3.10. The number of nitrogens with zero attached hydrogens (tertiary/aromatic N) is 1. The number of aliphatic hydroxyl groups is 1. The zero-order valence-corrected chi connectivity index (χ0v) is 11.4. The summed E-state index contributed by atoms with van der Waals surface area (Å²) >= 11 is 3.33. The molecule has 1 aromatic heterocycles. The van der Waals surface area contributed by atoms with Crippen LogP contribution in [0.15, 0.2) is 28.9 Å². The highest BCUT2D eigenvalue weighted by atomic mass is 79.9. The van der Waals surface area contributed by atoms with Crippen molar-refractivity contribution in [3.63, 3.8) is 0 Å². The van der Waals surface area contributed by atoms with Gasteiger partial charge in [-0.05, 0) is 18.2 Å². The first-order valence-corrected chi connectivity index (χ1v) is 6.32. The number of rotatable bonds is 4. The molecule has 102 valence electrons. The van der Waals surface area contributed by atoms with E-state index >= 15 is 0 Å². The van der Waals surface area contributed by atoms with Crippen LogP contribution >= 0.6 is 15.9 Å². The van der Waals surface area contributed by atoms with Crippen molar-refractivity contribution in [3.05, 3.63) is 28.9 Å². The zero-order valence-electron chi connectivity index (χ0n) is 9.78. The number of anilines is 2. The molecule has 4 nitrogen and oxygen atoms in total. The molecule has 0 saturated carbocycles. The van der Waals surface area contributed by atoms with E-state index < -0.39 is 12.5 Å². The van der Waals surface area contributed by atoms with Gasteiger partial charge in [0.15, 0.2) is 0 Å². The molecule has 0 radical (unpaired) electrons. The number of aromatic nitrogens is 1. The highest BCUT2D eigenvalue weighted by Gasteiger charge is 2.17. The summed E-state index contributed by atoms with van der Waals surface area (Å²) in [6.07, 6.45) is -3.09. The standard InChI is InChI=1S/C12H12BrF2N3O/c13-6-1-2-9-7(3-6)11(8(16)4-17-9)18-5-10(19)12(14)15/h1-4,10,12,19H,5,16H2,(H,17,18). The molecular formula is C12H12BrF2N3O. The van der Waals surface area contributed by atoms with Crippen LogP contribution in [0.25, 0.3) is 10.9 Å². The minimum absolute atomic E-state index is 0.284. The van der Waals surface area contributed by atoms with E-state index in [-0.39, 0.29) is 6.54 Å². The quantitative estimate of drug-likeness (QED) is 0.805. The monoisotopic (exact) mass is 331 g/mol. The lowest BCUT2D eigenvalue weighted by molar-refractivity contribution is 0.00386. The molecule has 4 N–H and O–H groups in total. The Bertz CT molecular complexity index is 589. The second-order valence-corrected chi connectivity index (χ2v) is 4.95. The molecule has 0 saturated heterocycles. The van der Waals surface area contributed by atoms with Crippen molar-refractivity contribution in [2.75, 3.05) is 17.6 Å². The molecule has 7 heteroatoms. The molecule has 2 rings (SSSR count). The van der Waals surface area contributed by atoms with E-state index in [9.17, 15) is 8.78 Å². The van der Waals surface area contributed by atoms with Crippen molar-refractivity contribution in [1.29, 1.82) is 0 Å². The van der Waals surface area contributed by atoms with Crippen LogP contribution in [0.2, 0.25) is 0 Å². The van der Waals surface area contributed by atoms with Gasteiger partial charge < -0.3 is 16.2 Å². The first-order chi connectivity index (χ1) is 8.99. The third-order valence-corrected chi connectivity index (χ3v) is 3.13. The number of nitrogens with two attached hydrogens (primary N) is 1. The number of fused-ring (bicyclic) bond motifs is 1. The number of aliphatic hydroxyl groups excluding tert-OH is 1. The summed E-state index contributed by atoms with van der Waals surface area (Å²) in [5.74, 6) is 0. The molecule has 0 amide bonds. The van der Waals surface area contributed by atoms with Crippen LogP contribution in [-0.4, -0.2) is 29.2 Å². The Morgan fingerprint density at radius 3 is 2.84 bits per heavy atom. The van der Waals surface area contributed by atoms with Gasteiger partial charge in [-0.1, -0.05) is 15.9 Å². The van der Waals surface area contributed by atoms with Crippen LogP contribution in [0.1, 0.15) is 0 Å². The maximum Gasteiger partial charge on any atom is 0.265 e. The topological polar surface area (TPSA) is 71.2 Å². The summed E-state index contributed by atoms with van der Waals surface area (Å²) in [6.45, 7) is -0.284. The van der Waals surface area contributed by atoms with Gasteiger partial charge in [0.1, 0.15) is 6.10 Å². The Kier molecular flexibility index (Phi) is 4.16. The molecule has 1 heterocycles. The fraction of sp³-hybridized carbons (Fsp3) is 0.250. The highest BCUT2D eigenvalue weighted by Crippen LogP contribution is 2.30. The lowest BCUT2D eigenvalue weighted by atomic mass is 10.1. The van der Waals surface area contributed by atoms with E-state index in [0.29, 0.717) is 22.3 Å². The Hall–Kier alpha value is -1.47. The predicted molar refractivity (Wildman–Crippen MR) is 74.4 cm³/mol.